The maximum Gasteiger partial charge on any atom is 0.124 e. The van der Waals surface area contributed by atoms with E-state index in [1.54, 1.807) is 0 Å². The van der Waals surface area contributed by atoms with E-state index in [9.17, 15) is 4.79 Å². The molecule has 0 bridgehead atoms. The predicted octanol–water partition coefficient (Wildman–Crippen LogP) is 2.33. The Morgan fingerprint density at radius 1 is 1.00 bits per heavy atom. The van der Waals surface area contributed by atoms with E-state index in [4.69, 9.17) is 0 Å². The molecule has 0 spiro atoms. The summed E-state index contributed by atoms with van der Waals surface area (Å²) < 4.78 is 0. The Bertz CT molecular complexity index is 243. The van der Waals surface area contributed by atoms with Gasteiger partial charge in [0.15, 0.2) is 0 Å². The molecule has 0 unspecified atom stereocenters. The summed E-state index contributed by atoms with van der Waals surface area (Å²) in [4.78, 5) is 10.8. The van der Waals surface area contributed by atoms with Crippen LogP contribution in [0.15, 0.2) is 5.57 Å². The van der Waals surface area contributed by atoms with Gasteiger partial charge in [-0.15, -0.1) is 0 Å². The first kappa shape index (κ1) is 14.0. The molecular formula is C14H12FeO. The second-order valence-electron chi connectivity index (χ2n) is 3.55. The van der Waals surface area contributed by atoms with Crippen LogP contribution in [0.5, 0.6) is 0 Å². The molecule has 2 aliphatic rings. The van der Waals surface area contributed by atoms with Crippen molar-refractivity contribution >= 4 is 5.94 Å². The minimum absolute atomic E-state index is 0. The van der Waals surface area contributed by atoms with Crippen LogP contribution in [0.4, 0.5) is 0 Å². The molecule has 0 aromatic rings. The Kier molecular flexibility index (Phi) is 6.42. The van der Waals surface area contributed by atoms with Gasteiger partial charge in [-0.05, 0) is 70.1 Å². The molecule has 0 aromatic carbocycles. The molecular weight excluding hydrogens is 240 g/mol. The van der Waals surface area contributed by atoms with Crippen LogP contribution in [0.2, 0.25) is 0 Å². The zero-order chi connectivity index (χ0) is 10.5. The summed E-state index contributed by atoms with van der Waals surface area (Å²) in [5, 5.41) is 0. The first-order valence-corrected chi connectivity index (χ1v) is 5.07. The summed E-state index contributed by atoms with van der Waals surface area (Å²) in [5.74, 6) is 4.30. The molecule has 0 heterocycles. The SMILES string of the molecule is O=C=C(CC[C]1[CH][CH][CH][CH]1)[C]1[CH][CH][CH][CH]1.[Fe]. The zero-order valence-electron chi connectivity index (χ0n) is 8.79. The van der Waals surface area contributed by atoms with Crippen molar-refractivity contribution in [2.45, 2.75) is 12.8 Å². The molecule has 1 nitrogen and oxygen atoms in total. The van der Waals surface area contributed by atoms with Gasteiger partial charge in [-0.25, -0.2) is 4.79 Å². The minimum Gasteiger partial charge on any atom is -0.234 e. The molecule has 16 heavy (non-hydrogen) atoms. The molecule has 2 saturated carbocycles. The maximum absolute atomic E-state index is 10.8. The topological polar surface area (TPSA) is 17.1 Å². The van der Waals surface area contributed by atoms with Crippen molar-refractivity contribution in [1.82, 2.24) is 0 Å². The van der Waals surface area contributed by atoms with Crippen molar-refractivity contribution in [3.8, 4) is 0 Å². The second-order valence-corrected chi connectivity index (χ2v) is 3.55. The molecule has 2 aliphatic carbocycles. The number of hydrogen-bond acceptors (Lipinski definition) is 1. The van der Waals surface area contributed by atoms with Gasteiger partial charge in [0, 0.05) is 28.6 Å². The van der Waals surface area contributed by atoms with Crippen molar-refractivity contribution in [3.05, 3.63) is 68.8 Å². The van der Waals surface area contributed by atoms with Crippen molar-refractivity contribution in [2.24, 2.45) is 0 Å². The van der Waals surface area contributed by atoms with Crippen molar-refractivity contribution in [2.75, 3.05) is 0 Å². The van der Waals surface area contributed by atoms with E-state index in [-0.39, 0.29) is 17.1 Å². The summed E-state index contributed by atoms with van der Waals surface area (Å²) >= 11 is 0. The quantitative estimate of drug-likeness (QED) is 0.554. The van der Waals surface area contributed by atoms with Crippen LogP contribution in [0.1, 0.15) is 12.8 Å². The Morgan fingerprint density at radius 3 is 2.12 bits per heavy atom. The van der Waals surface area contributed by atoms with Crippen LogP contribution < -0.4 is 0 Å². The van der Waals surface area contributed by atoms with Crippen molar-refractivity contribution < 1.29 is 21.9 Å². The normalized spacial score (nSPS) is 21.8. The predicted molar refractivity (Wildman–Crippen MR) is 59.3 cm³/mol. The standard InChI is InChI=1S/C14H12O.Fe/c15-11-14(13-7-3-4-8-13)10-9-12-5-1-2-6-12;/h1-8H,9-10H2;. The van der Waals surface area contributed by atoms with Crippen LogP contribution >= 0.6 is 0 Å². The first-order valence-electron chi connectivity index (χ1n) is 5.07. The molecule has 10 radical (unpaired) electrons. The van der Waals surface area contributed by atoms with Gasteiger partial charge < -0.3 is 0 Å². The van der Waals surface area contributed by atoms with Crippen LogP contribution in [0.3, 0.4) is 0 Å². The third-order valence-corrected chi connectivity index (χ3v) is 2.53. The fraction of sp³-hybridized carbons (Fsp3) is 0.143. The molecule has 0 amide bonds. The van der Waals surface area contributed by atoms with Gasteiger partial charge in [0.25, 0.3) is 0 Å². The van der Waals surface area contributed by atoms with E-state index >= 15 is 0 Å². The van der Waals surface area contributed by atoms with Gasteiger partial charge in [-0.1, -0.05) is 0 Å². The number of allylic oxidation sites excluding steroid dienone is 1. The Hall–Kier alpha value is -0.0305. The molecule has 0 N–H and O–H groups in total. The first-order chi connectivity index (χ1) is 7.40. The molecule has 2 fully saturated rings. The Morgan fingerprint density at radius 2 is 1.56 bits per heavy atom. The third-order valence-electron chi connectivity index (χ3n) is 2.53. The van der Waals surface area contributed by atoms with E-state index < -0.39 is 0 Å². The second kappa shape index (κ2) is 7.33. The molecule has 0 atom stereocenters. The Balaban J connectivity index is 0.00000128. The summed E-state index contributed by atoms with van der Waals surface area (Å²) in [6, 6.07) is 0. The van der Waals surface area contributed by atoms with E-state index in [0.717, 1.165) is 24.3 Å². The largest absolute Gasteiger partial charge is 0.234 e. The number of hydrogen-bond donors (Lipinski definition) is 0. The van der Waals surface area contributed by atoms with E-state index in [0.29, 0.717) is 0 Å². The van der Waals surface area contributed by atoms with Gasteiger partial charge in [0.2, 0.25) is 0 Å². The van der Waals surface area contributed by atoms with Crippen LogP contribution in [0, 0.1) is 63.2 Å². The number of rotatable bonds is 4. The summed E-state index contributed by atoms with van der Waals surface area (Å²) in [6.45, 7) is 0. The van der Waals surface area contributed by atoms with Crippen molar-refractivity contribution in [1.29, 1.82) is 0 Å². The van der Waals surface area contributed by atoms with E-state index in [2.05, 4.69) is 12.8 Å². The average molecular weight is 252 g/mol. The molecule has 2 heteroatoms. The van der Waals surface area contributed by atoms with Gasteiger partial charge in [0.1, 0.15) is 5.94 Å². The monoisotopic (exact) mass is 252 g/mol. The third kappa shape index (κ3) is 3.77. The summed E-state index contributed by atoms with van der Waals surface area (Å²) in [5.41, 5.74) is 0.765. The molecule has 0 aromatic heterocycles. The van der Waals surface area contributed by atoms with Gasteiger partial charge >= 0.3 is 0 Å². The van der Waals surface area contributed by atoms with Gasteiger partial charge in [-0.2, -0.15) is 0 Å². The fourth-order valence-electron chi connectivity index (χ4n) is 1.68. The van der Waals surface area contributed by atoms with Gasteiger partial charge in [0.05, 0.1) is 0 Å². The van der Waals surface area contributed by atoms with Crippen molar-refractivity contribution in [3.63, 3.8) is 0 Å². The maximum atomic E-state index is 10.8. The smallest absolute Gasteiger partial charge is 0.124 e. The van der Waals surface area contributed by atoms with Crippen LogP contribution in [-0.4, -0.2) is 5.94 Å². The number of carbonyl (C=O) groups excluding carboxylic acids is 1. The van der Waals surface area contributed by atoms with Crippen LogP contribution in [-0.2, 0) is 21.9 Å². The van der Waals surface area contributed by atoms with E-state index in [1.807, 2.05) is 44.5 Å². The Labute approximate surface area is 110 Å². The zero-order valence-corrected chi connectivity index (χ0v) is 9.90. The van der Waals surface area contributed by atoms with Gasteiger partial charge in [-0.3, -0.25) is 0 Å². The van der Waals surface area contributed by atoms with E-state index in [1.165, 1.54) is 5.92 Å². The van der Waals surface area contributed by atoms with Crippen LogP contribution in [0.25, 0.3) is 0 Å². The summed E-state index contributed by atoms with van der Waals surface area (Å²) in [6.07, 6.45) is 17.6. The minimum atomic E-state index is 0. The molecule has 0 saturated heterocycles. The summed E-state index contributed by atoms with van der Waals surface area (Å²) in [7, 11) is 0. The average Bonchev–Trinajstić information content (AvgIpc) is 2.90. The fourth-order valence-corrected chi connectivity index (χ4v) is 1.68. The molecule has 82 valence electrons. The molecule has 2 rings (SSSR count). The molecule has 0 aliphatic heterocycles.